The van der Waals surface area contributed by atoms with Crippen LogP contribution >= 0.6 is 0 Å². The molecule has 0 saturated carbocycles. The predicted molar refractivity (Wildman–Crippen MR) is 87.3 cm³/mol. The van der Waals surface area contributed by atoms with Gasteiger partial charge in [0.05, 0.1) is 19.8 Å². The molecule has 0 aromatic rings. The molecule has 0 aliphatic rings. The summed E-state index contributed by atoms with van der Waals surface area (Å²) < 4.78 is 10.4. The monoisotopic (exact) mass is 420 g/mol. The van der Waals surface area contributed by atoms with Crippen LogP contribution in [0.25, 0.3) is 6.15 Å². The summed E-state index contributed by atoms with van der Waals surface area (Å²) in [5.74, 6) is -0.284. The Kier molecular flexibility index (Phi) is 24.4. The van der Waals surface area contributed by atoms with Crippen LogP contribution in [0.5, 0.6) is 0 Å². The van der Waals surface area contributed by atoms with Crippen LogP contribution in [0.4, 0.5) is 0 Å². The third-order valence-corrected chi connectivity index (χ3v) is 2.81. The van der Waals surface area contributed by atoms with Gasteiger partial charge in [-0.15, -0.1) is 5.92 Å². The minimum absolute atomic E-state index is 0. The number of nitrogens with two attached hydrogens (primary N) is 1. The Balaban J connectivity index is -0.00000220. The van der Waals surface area contributed by atoms with E-state index in [1.165, 1.54) is 6.92 Å². The molecule has 24 heavy (non-hydrogen) atoms. The van der Waals surface area contributed by atoms with Gasteiger partial charge in [-0.25, -0.2) is 0 Å². The van der Waals surface area contributed by atoms with Crippen molar-refractivity contribution < 1.29 is 56.6 Å². The molecule has 0 spiro atoms. The first kappa shape index (κ1) is 28.4. The van der Waals surface area contributed by atoms with Crippen molar-refractivity contribution in [2.75, 3.05) is 39.5 Å². The van der Waals surface area contributed by atoms with Gasteiger partial charge in [0.15, 0.2) is 0 Å². The van der Waals surface area contributed by atoms with E-state index in [9.17, 15) is 14.4 Å². The van der Waals surface area contributed by atoms with Crippen molar-refractivity contribution in [3.8, 4) is 0 Å². The van der Waals surface area contributed by atoms with Crippen molar-refractivity contribution in [2.45, 2.75) is 33.1 Å². The second-order valence-electron chi connectivity index (χ2n) is 5.01. The van der Waals surface area contributed by atoms with Gasteiger partial charge in [-0.05, 0) is 6.42 Å². The minimum atomic E-state index is -0.159. The van der Waals surface area contributed by atoms with E-state index < -0.39 is 0 Å². The fourth-order valence-electron chi connectivity index (χ4n) is 1.60. The maximum absolute atomic E-state index is 11.4. The van der Waals surface area contributed by atoms with Gasteiger partial charge in [0, 0.05) is 52.7 Å². The summed E-state index contributed by atoms with van der Waals surface area (Å²) >= 11 is 0. The molecule has 8 nitrogen and oxygen atoms in total. The largest absolute Gasteiger partial charge is 0.693 e. The Morgan fingerprint density at radius 2 is 1.71 bits per heavy atom. The van der Waals surface area contributed by atoms with E-state index >= 15 is 0 Å². The van der Waals surface area contributed by atoms with Gasteiger partial charge in [0.1, 0.15) is 6.61 Å². The molecule has 0 rings (SSSR count). The molecule has 0 saturated heterocycles. The fourth-order valence-corrected chi connectivity index (χ4v) is 1.60. The van der Waals surface area contributed by atoms with Crippen LogP contribution in [-0.4, -0.2) is 57.6 Å². The summed E-state index contributed by atoms with van der Waals surface area (Å²) in [6.07, 6.45) is 4.46. The van der Waals surface area contributed by atoms with E-state index in [1.807, 2.05) is 13.2 Å². The molecule has 0 bridgehead atoms. The van der Waals surface area contributed by atoms with Crippen LogP contribution in [0.15, 0.2) is 0 Å². The summed E-state index contributed by atoms with van der Waals surface area (Å²) in [5, 5.41) is 5.36. The van der Waals surface area contributed by atoms with Crippen LogP contribution in [-0.2, 0) is 56.6 Å². The summed E-state index contributed by atoms with van der Waals surface area (Å²) in [7, 11) is 0. The summed E-state index contributed by atoms with van der Waals surface area (Å²) in [4.78, 5) is 32.3. The zero-order chi connectivity index (χ0) is 16.6. The standard InChI is InChI=1S/C15H27N2O5.H2N.Y/c1-13(11-18)5-3-4-6-17-15(20)12-22-10-9-21-8-7-16-14(2)19;;/h13H,3-10,12H2,1-2H3,(H,16,19)(H,17,20);1H2;/q2*-1;/t13-;;/m0../s1. The quantitative estimate of drug-likeness (QED) is 0.319. The molecule has 139 valence electrons. The van der Waals surface area contributed by atoms with E-state index in [0.29, 0.717) is 32.9 Å². The molecule has 1 radical (unpaired) electrons. The number of hydrogen-bond acceptors (Lipinski definition) is 5. The van der Waals surface area contributed by atoms with Crippen LogP contribution in [0.2, 0.25) is 0 Å². The number of nitrogens with one attached hydrogen (secondary N) is 2. The van der Waals surface area contributed by atoms with Crippen molar-refractivity contribution in [1.29, 1.82) is 0 Å². The van der Waals surface area contributed by atoms with Crippen LogP contribution < -0.4 is 10.6 Å². The number of carbonyl (C=O) groups excluding carboxylic acids is 3. The number of rotatable bonds is 14. The fraction of sp³-hybridized carbons (Fsp3) is 0.800. The summed E-state index contributed by atoms with van der Waals surface area (Å²) in [5.41, 5.74) is 0. The van der Waals surface area contributed by atoms with Crippen molar-refractivity contribution >= 4 is 18.1 Å². The molecule has 0 aliphatic carbocycles. The molecule has 0 fully saturated rings. The third kappa shape index (κ3) is 21.6. The molecule has 4 N–H and O–H groups in total. The molecule has 0 aromatic carbocycles. The van der Waals surface area contributed by atoms with Gasteiger partial charge in [-0.2, -0.15) is 0 Å². The van der Waals surface area contributed by atoms with Gasteiger partial charge in [0.25, 0.3) is 0 Å². The first-order valence-electron chi connectivity index (χ1n) is 7.60. The average Bonchev–Trinajstić information content (AvgIpc) is 2.48. The second kappa shape index (κ2) is 20.6. The Hall–Kier alpha value is -0.406. The normalized spacial score (nSPS) is 10.8. The maximum Gasteiger partial charge on any atom is 0.245 e. The van der Waals surface area contributed by atoms with Crippen molar-refractivity contribution in [3.63, 3.8) is 0 Å². The van der Waals surface area contributed by atoms with Crippen molar-refractivity contribution in [2.24, 2.45) is 5.92 Å². The van der Waals surface area contributed by atoms with E-state index in [0.717, 1.165) is 19.3 Å². The smallest absolute Gasteiger partial charge is 0.245 e. The Bertz CT molecular complexity index is 332. The average molecular weight is 420 g/mol. The first-order valence-corrected chi connectivity index (χ1v) is 7.60. The van der Waals surface area contributed by atoms with Gasteiger partial charge < -0.3 is 31.1 Å². The van der Waals surface area contributed by atoms with Gasteiger partial charge >= 0.3 is 0 Å². The van der Waals surface area contributed by atoms with Crippen molar-refractivity contribution in [3.05, 3.63) is 6.15 Å². The van der Waals surface area contributed by atoms with Crippen LogP contribution in [0, 0.1) is 5.92 Å². The molecule has 0 unspecified atom stereocenters. The third-order valence-electron chi connectivity index (χ3n) is 2.81. The SMILES string of the molecule is CC(=O)NCCOCCOCC(=O)NCCCC[C@H](C)[C-]=O.[NH2-].[Y]. The zero-order valence-corrected chi connectivity index (χ0v) is 17.5. The molecule has 0 heterocycles. The minimum Gasteiger partial charge on any atom is -0.693 e. The van der Waals surface area contributed by atoms with Gasteiger partial charge in [0.2, 0.25) is 11.8 Å². The number of ether oxygens (including phenoxy) is 2. The number of amides is 2. The number of unbranched alkanes of at least 4 members (excludes halogenated alkanes) is 1. The molecule has 0 aromatic heterocycles. The first-order chi connectivity index (χ1) is 10.6. The zero-order valence-electron chi connectivity index (χ0n) is 14.6. The summed E-state index contributed by atoms with van der Waals surface area (Å²) in [6.45, 7) is 5.48. The Labute approximate surface area is 169 Å². The van der Waals surface area contributed by atoms with Crippen LogP contribution in [0.1, 0.15) is 33.1 Å². The summed E-state index contributed by atoms with van der Waals surface area (Å²) in [6, 6.07) is 0. The number of carbonyl (C=O) groups is 2. The van der Waals surface area contributed by atoms with E-state index in [-0.39, 0.29) is 63.2 Å². The molecule has 2 amide bonds. The van der Waals surface area contributed by atoms with Crippen molar-refractivity contribution in [1.82, 2.24) is 10.6 Å². The van der Waals surface area contributed by atoms with E-state index in [2.05, 4.69) is 10.6 Å². The maximum atomic E-state index is 11.4. The second-order valence-corrected chi connectivity index (χ2v) is 5.01. The Morgan fingerprint density at radius 3 is 2.33 bits per heavy atom. The molecule has 0 aliphatic heterocycles. The topological polar surface area (TPSA) is 127 Å². The van der Waals surface area contributed by atoms with E-state index in [4.69, 9.17) is 9.47 Å². The van der Waals surface area contributed by atoms with Gasteiger partial charge in [-0.3, -0.25) is 15.9 Å². The number of hydrogen-bond donors (Lipinski definition) is 2. The Morgan fingerprint density at radius 1 is 1.04 bits per heavy atom. The molecule has 9 heteroatoms. The predicted octanol–water partition coefficient (Wildman–Crippen LogP) is 0.903. The molecule has 1 atom stereocenters. The molecular formula is C15H29N3O5Y-2. The van der Waals surface area contributed by atoms with E-state index in [1.54, 1.807) is 0 Å². The molecular weight excluding hydrogens is 391 g/mol. The van der Waals surface area contributed by atoms with Crippen LogP contribution in [0.3, 0.4) is 0 Å². The van der Waals surface area contributed by atoms with Gasteiger partial charge in [-0.1, -0.05) is 19.8 Å².